The third kappa shape index (κ3) is 10.4. The zero-order valence-electron chi connectivity index (χ0n) is 16.9. The molecule has 0 aromatic rings. The van der Waals surface area contributed by atoms with Crippen molar-refractivity contribution in [1.82, 2.24) is 25.8 Å². The molecule has 0 spiro atoms. The van der Waals surface area contributed by atoms with Crippen LogP contribution in [0, 0.1) is 5.92 Å². The summed E-state index contributed by atoms with van der Waals surface area (Å²) in [6.07, 6.45) is 0.885. The van der Waals surface area contributed by atoms with E-state index in [1.54, 1.807) is 0 Å². The Balaban J connectivity index is 2.33. The van der Waals surface area contributed by atoms with Crippen LogP contribution in [0.25, 0.3) is 0 Å². The maximum atomic E-state index is 12.1. The molecule has 1 fully saturated rings. The molecule has 8 nitrogen and oxygen atoms in total. The maximum absolute atomic E-state index is 12.1. The molecular weight excluding hydrogens is 334 g/mol. The number of urea groups is 1. The lowest BCUT2D eigenvalue weighted by Crippen LogP contribution is -2.47. The van der Waals surface area contributed by atoms with Gasteiger partial charge in [-0.2, -0.15) is 0 Å². The Morgan fingerprint density at radius 1 is 0.923 bits per heavy atom. The Labute approximate surface area is 157 Å². The van der Waals surface area contributed by atoms with E-state index >= 15 is 0 Å². The Morgan fingerprint density at radius 3 is 1.96 bits per heavy atom. The number of imide groups is 1. The summed E-state index contributed by atoms with van der Waals surface area (Å²) >= 11 is 0. The number of nitrogens with one attached hydrogen (secondary N) is 3. The predicted molar refractivity (Wildman–Crippen MR) is 102 cm³/mol. The topological polar surface area (TPSA) is 93.8 Å². The van der Waals surface area contributed by atoms with Gasteiger partial charge < -0.3 is 10.6 Å². The second kappa shape index (κ2) is 10.5. The molecule has 0 aliphatic carbocycles. The molecule has 0 bridgehead atoms. The first-order chi connectivity index (χ1) is 12.0. The van der Waals surface area contributed by atoms with E-state index in [1.165, 1.54) is 0 Å². The van der Waals surface area contributed by atoms with Gasteiger partial charge in [0.2, 0.25) is 11.8 Å². The summed E-state index contributed by atoms with van der Waals surface area (Å²) < 4.78 is 0. The maximum Gasteiger partial charge on any atom is 0.321 e. The first-order valence-corrected chi connectivity index (χ1v) is 9.38. The zero-order chi connectivity index (χ0) is 19.7. The van der Waals surface area contributed by atoms with Crippen LogP contribution in [0.1, 0.15) is 41.0 Å². The second-order valence-electron chi connectivity index (χ2n) is 8.36. The molecule has 4 amide bonds. The monoisotopic (exact) mass is 369 g/mol. The highest BCUT2D eigenvalue weighted by atomic mass is 16.2. The van der Waals surface area contributed by atoms with E-state index in [2.05, 4.69) is 20.9 Å². The van der Waals surface area contributed by atoms with E-state index in [1.807, 2.05) is 39.5 Å². The SMILES string of the molecule is CC(C)CNC(=O)NC(=O)CN1CCCN(CC(=O)NC(C)(C)C)CC1. The van der Waals surface area contributed by atoms with Gasteiger partial charge >= 0.3 is 6.03 Å². The lowest BCUT2D eigenvalue weighted by molar-refractivity contribution is -0.124. The van der Waals surface area contributed by atoms with Crippen LogP contribution in [0.15, 0.2) is 0 Å². The fourth-order valence-corrected chi connectivity index (χ4v) is 2.71. The lowest BCUT2D eigenvalue weighted by Gasteiger charge is -2.25. The van der Waals surface area contributed by atoms with E-state index in [0.717, 1.165) is 26.1 Å². The molecule has 0 aromatic carbocycles. The average molecular weight is 370 g/mol. The van der Waals surface area contributed by atoms with E-state index in [0.29, 0.717) is 25.6 Å². The first-order valence-electron chi connectivity index (χ1n) is 9.38. The molecule has 0 radical (unpaired) electrons. The summed E-state index contributed by atoms with van der Waals surface area (Å²) in [7, 11) is 0. The minimum absolute atomic E-state index is 0.0190. The standard InChI is InChI=1S/C18H35N5O3/c1-14(2)11-19-17(26)20-15(24)12-22-7-6-8-23(10-9-22)13-16(25)21-18(3,4)5/h14H,6-13H2,1-5H3,(H,21,25)(H2,19,20,24,26). The molecule has 1 rings (SSSR count). The molecule has 1 aliphatic rings. The number of carbonyl (C=O) groups is 3. The quantitative estimate of drug-likeness (QED) is 0.630. The van der Waals surface area contributed by atoms with Gasteiger partial charge in [0.15, 0.2) is 0 Å². The van der Waals surface area contributed by atoms with Crippen LogP contribution < -0.4 is 16.0 Å². The van der Waals surface area contributed by atoms with Crippen LogP contribution in [0.5, 0.6) is 0 Å². The summed E-state index contributed by atoms with van der Waals surface area (Å²) in [6.45, 7) is 14.0. The Morgan fingerprint density at radius 2 is 1.46 bits per heavy atom. The van der Waals surface area contributed by atoms with Gasteiger partial charge in [0, 0.05) is 25.2 Å². The molecule has 1 aliphatic heterocycles. The largest absolute Gasteiger partial charge is 0.350 e. The van der Waals surface area contributed by atoms with E-state index < -0.39 is 6.03 Å². The highest BCUT2D eigenvalue weighted by Crippen LogP contribution is 2.04. The van der Waals surface area contributed by atoms with Gasteiger partial charge in [0.1, 0.15) is 0 Å². The van der Waals surface area contributed by atoms with Crippen molar-refractivity contribution in [3.8, 4) is 0 Å². The van der Waals surface area contributed by atoms with Crippen molar-refractivity contribution >= 4 is 17.8 Å². The van der Waals surface area contributed by atoms with Crippen molar-refractivity contribution in [2.45, 2.75) is 46.6 Å². The second-order valence-corrected chi connectivity index (χ2v) is 8.36. The van der Waals surface area contributed by atoms with Gasteiger partial charge in [-0.15, -0.1) is 0 Å². The zero-order valence-corrected chi connectivity index (χ0v) is 16.9. The number of rotatable bonds is 6. The van der Waals surface area contributed by atoms with Crippen molar-refractivity contribution < 1.29 is 14.4 Å². The highest BCUT2D eigenvalue weighted by Gasteiger charge is 2.21. The summed E-state index contributed by atoms with van der Waals surface area (Å²) in [5, 5.41) is 8.00. The van der Waals surface area contributed by atoms with Gasteiger partial charge in [-0.3, -0.25) is 24.7 Å². The van der Waals surface area contributed by atoms with Crippen LogP contribution in [0.2, 0.25) is 0 Å². The molecular formula is C18H35N5O3. The van der Waals surface area contributed by atoms with E-state index in [9.17, 15) is 14.4 Å². The summed E-state index contributed by atoms with van der Waals surface area (Å²) in [5.41, 5.74) is -0.233. The molecule has 150 valence electrons. The van der Waals surface area contributed by atoms with Crippen LogP contribution in [-0.4, -0.2) is 79.0 Å². The number of nitrogens with zero attached hydrogens (tertiary/aromatic N) is 2. The number of carbonyl (C=O) groups excluding carboxylic acids is 3. The molecule has 1 saturated heterocycles. The normalized spacial score (nSPS) is 16.8. The van der Waals surface area contributed by atoms with Crippen LogP contribution in [-0.2, 0) is 9.59 Å². The van der Waals surface area contributed by atoms with Crippen molar-refractivity contribution in [3.63, 3.8) is 0 Å². The van der Waals surface area contributed by atoms with Crippen LogP contribution >= 0.6 is 0 Å². The van der Waals surface area contributed by atoms with E-state index in [4.69, 9.17) is 0 Å². The van der Waals surface area contributed by atoms with Crippen molar-refractivity contribution in [3.05, 3.63) is 0 Å². The third-order valence-corrected chi connectivity index (χ3v) is 3.85. The first kappa shape index (κ1) is 22.4. The molecule has 1 heterocycles. The van der Waals surface area contributed by atoms with E-state index in [-0.39, 0.29) is 23.9 Å². The molecule has 0 unspecified atom stereocenters. The number of hydrogen-bond donors (Lipinski definition) is 3. The van der Waals surface area contributed by atoms with Crippen molar-refractivity contribution in [2.75, 3.05) is 45.8 Å². The summed E-state index contributed by atoms with van der Waals surface area (Å²) in [4.78, 5) is 39.8. The van der Waals surface area contributed by atoms with Crippen LogP contribution in [0.3, 0.4) is 0 Å². The highest BCUT2D eigenvalue weighted by molar-refractivity contribution is 5.95. The molecule has 8 heteroatoms. The number of amides is 4. The average Bonchev–Trinajstić information content (AvgIpc) is 2.68. The van der Waals surface area contributed by atoms with Gasteiger partial charge in [-0.25, -0.2) is 4.79 Å². The van der Waals surface area contributed by atoms with Crippen molar-refractivity contribution in [2.24, 2.45) is 5.92 Å². The lowest BCUT2D eigenvalue weighted by atomic mass is 10.1. The van der Waals surface area contributed by atoms with Gasteiger partial charge in [-0.05, 0) is 46.2 Å². The molecule has 26 heavy (non-hydrogen) atoms. The van der Waals surface area contributed by atoms with Crippen LogP contribution in [0.4, 0.5) is 4.79 Å². The predicted octanol–water partition coefficient (Wildman–Crippen LogP) is 0.391. The summed E-state index contributed by atoms with van der Waals surface area (Å²) in [5.74, 6) is 0.0543. The third-order valence-electron chi connectivity index (χ3n) is 3.85. The summed E-state index contributed by atoms with van der Waals surface area (Å²) in [6, 6.07) is -0.445. The Bertz CT molecular complexity index is 488. The fourth-order valence-electron chi connectivity index (χ4n) is 2.71. The fraction of sp³-hybridized carbons (Fsp3) is 0.833. The molecule has 0 atom stereocenters. The Hall–Kier alpha value is -1.67. The molecule has 0 aromatic heterocycles. The van der Waals surface area contributed by atoms with Gasteiger partial charge in [0.25, 0.3) is 0 Å². The Kier molecular flexibility index (Phi) is 9.01. The van der Waals surface area contributed by atoms with Gasteiger partial charge in [0.05, 0.1) is 13.1 Å². The van der Waals surface area contributed by atoms with Gasteiger partial charge in [-0.1, -0.05) is 13.8 Å². The minimum atomic E-state index is -0.445. The van der Waals surface area contributed by atoms with Crippen molar-refractivity contribution in [1.29, 1.82) is 0 Å². The minimum Gasteiger partial charge on any atom is -0.350 e. The molecule has 0 saturated carbocycles. The molecule has 3 N–H and O–H groups in total. The number of hydrogen-bond acceptors (Lipinski definition) is 5. The smallest absolute Gasteiger partial charge is 0.321 e.